The van der Waals surface area contributed by atoms with Gasteiger partial charge >= 0.3 is 0 Å². The van der Waals surface area contributed by atoms with Crippen molar-refractivity contribution < 1.29 is 5.11 Å². The number of rotatable bonds is 5. The fourth-order valence-electron chi connectivity index (χ4n) is 2.92. The average Bonchev–Trinajstić information content (AvgIpc) is 2.30. The summed E-state index contributed by atoms with van der Waals surface area (Å²) in [6.45, 7) is 12.3. The summed E-state index contributed by atoms with van der Waals surface area (Å²) in [7, 11) is 0. The van der Waals surface area contributed by atoms with Crippen LogP contribution >= 0.6 is 0 Å². The number of nitrogens with zero attached hydrogens (tertiary/aromatic N) is 1. The highest BCUT2D eigenvalue weighted by molar-refractivity contribution is 4.86. The second-order valence-electron chi connectivity index (χ2n) is 5.93. The van der Waals surface area contributed by atoms with Crippen LogP contribution in [0.1, 0.15) is 53.4 Å². The topological polar surface area (TPSA) is 23.5 Å². The first-order valence-corrected chi connectivity index (χ1v) is 7.24. The van der Waals surface area contributed by atoms with Crippen molar-refractivity contribution in [2.24, 2.45) is 11.3 Å². The van der Waals surface area contributed by atoms with Gasteiger partial charge in [-0.2, -0.15) is 0 Å². The van der Waals surface area contributed by atoms with E-state index in [1.54, 1.807) is 6.92 Å². The lowest BCUT2D eigenvalue weighted by molar-refractivity contribution is 0.0206. The maximum atomic E-state index is 9.60. The van der Waals surface area contributed by atoms with Gasteiger partial charge in [0.25, 0.3) is 0 Å². The van der Waals surface area contributed by atoms with E-state index in [9.17, 15) is 5.11 Å². The Morgan fingerprint density at radius 3 is 2.50 bits per heavy atom. The van der Waals surface area contributed by atoms with Gasteiger partial charge in [-0.05, 0) is 38.6 Å². The summed E-state index contributed by atoms with van der Waals surface area (Å²) in [5.74, 6) is 2.99. The number of likely N-dealkylation sites (tertiary alicyclic amines) is 1. The summed E-state index contributed by atoms with van der Waals surface area (Å²) in [4.78, 5) is 2.54. The van der Waals surface area contributed by atoms with Crippen LogP contribution < -0.4 is 0 Å². The molecule has 2 nitrogen and oxygen atoms in total. The minimum atomic E-state index is 0.210. The molecule has 0 bridgehead atoms. The molecule has 1 fully saturated rings. The van der Waals surface area contributed by atoms with Crippen molar-refractivity contribution in [3.05, 3.63) is 0 Å². The molecule has 0 radical (unpaired) electrons. The molecule has 1 aliphatic heterocycles. The molecule has 1 N–H and O–H groups in total. The van der Waals surface area contributed by atoms with Crippen LogP contribution in [0.3, 0.4) is 0 Å². The molecule has 0 aromatic rings. The summed E-state index contributed by atoms with van der Waals surface area (Å²) in [5.41, 5.74) is 0.210. The monoisotopic (exact) mass is 253 g/mol. The predicted octanol–water partition coefficient (Wildman–Crippen LogP) is 3.16. The molecule has 1 atom stereocenters. The predicted molar refractivity (Wildman–Crippen MR) is 79.4 cm³/mol. The maximum Gasteiger partial charge on any atom is 0.0499 e. The number of hydrogen-bond acceptors (Lipinski definition) is 2. The normalized spacial score (nSPS) is 24.3. The van der Waals surface area contributed by atoms with Crippen molar-refractivity contribution >= 4 is 0 Å². The zero-order valence-electron chi connectivity index (χ0n) is 12.7. The first-order valence-electron chi connectivity index (χ1n) is 7.24. The van der Waals surface area contributed by atoms with E-state index in [4.69, 9.17) is 0 Å². The molecule has 0 aromatic heterocycles. The van der Waals surface area contributed by atoms with Gasteiger partial charge in [0.1, 0.15) is 0 Å². The lowest BCUT2D eigenvalue weighted by Crippen LogP contribution is -2.46. The Labute approximate surface area is 114 Å². The lowest BCUT2D eigenvalue weighted by Gasteiger charge is -2.42. The third-order valence-corrected chi connectivity index (χ3v) is 3.48. The first-order chi connectivity index (χ1) is 8.53. The van der Waals surface area contributed by atoms with Gasteiger partial charge in [-0.3, -0.25) is 0 Å². The van der Waals surface area contributed by atoms with Crippen LogP contribution in [0.2, 0.25) is 0 Å². The Morgan fingerprint density at radius 2 is 2.06 bits per heavy atom. The summed E-state index contributed by atoms with van der Waals surface area (Å²) in [6, 6.07) is 0. The molecule has 0 unspecified atom stereocenters. The average molecular weight is 253 g/mol. The third kappa shape index (κ3) is 6.42. The summed E-state index contributed by atoms with van der Waals surface area (Å²) >= 11 is 0. The molecule has 1 saturated heterocycles. The van der Waals surface area contributed by atoms with Gasteiger partial charge in [-0.25, -0.2) is 0 Å². The smallest absolute Gasteiger partial charge is 0.0499 e. The van der Waals surface area contributed by atoms with Crippen LogP contribution in [0.4, 0.5) is 0 Å². The quantitative estimate of drug-likeness (QED) is 0.761. The number of aliphatic hydroxyl groups is 1. The van der Waals surface area contributed by atoms with E-state index >= 15 is 0 Å². The fourth-order valence-corrected chi connectivity index (χ4v) is 2.92. The van der Waals surface area contributed by atoms with E-state index in [-0.39, 0.29) is 5.41 Å². The minimum Gasteiger partial charge on any atom is -0.396 e. The van der Waals surface area contributed by atoms with E-state index in [0.717, 1.165) is 12.5 Å². The van der Waals surface area contributed by atoms with Gasteiger partial charge in [0, 0.05) is 25.1 Å². The van der Waals surface area contributed by atoms with Crippen molar-refractivity contribution in [3.8, 4) is 12.3 Å². The van der Waals surface area contributed by atoms with Crippen LogP contribution in [0, 0.1) is 23.7 Å². The molecule has 106 valence electrons. The van der Waals surface area contributed by atoms with E-state index in [2.05, 4.69) is 38.0 Å². The maximum absolute atomic E-state index is 9.60. The molecular weight excluding hydrogens is 222 g/mol. The van der Waals surface area contributed by atoms with E-state index in [0.29, 0.717) is 6.61 Å². The minimum absolute atomic E-state index is 0.210. The molecule has 0 saturated carbocycles. The van der Waals surface area contributed by atoms with Crippen molar-refractivity contribution in [2.75, 3.05) is 26.2 Å². The SMILES string of the molecule is C#CC.CCC[C@@]1(CO)CCCN(CC(C)C)C1. The molecule has 0 amide bonds. The highest BCUT2D eigenvalue weighted by Gasteiger charge is 2.33. The molecule has 1 rings (SSSR count). The van der Waals surface area contributed by atoms with Gasteiger partial charge < -0.3 is 10.0 Å². The van der Waals surface area contributed by atoms with Gasteiger partial charge in [0.2, 0.25) is 0 Å². The largest absolute Gasteiger partial charge is 0.396 e. The molecule has 0 aliphatic carbocycles. The van der Waals surface area contributed by atoms with Crippen molar-refractivity contribution in [1.82, 2.24) is 4.90 Å². The van der Waals surface area contributed by atoms with Crippen LogP contribution in [-0.2, 0) is 0 Å². The summed E-state index contributed by atoms with van der Waals surface area (Å²) in [5, 5.41) is 9.60. The van der Waals surface area contributed by atoms with Gasteiger partial charge in [0.05, 0.1) is 0 Å². The zero-order chi connectivity index (χ0) is 14.0. The Hall–Kier alpha value is -0.520. The van der Waals surface area contributed by atoms with Crippen LogP contribution in [0.25, 0.3) is 0 Å². The molecule has 1 aliphatic rings. The molecule has 0 spiro atoms. The zero-order valence-corrected chi connectivity index (χ0v) is 12.7. The second kappa shape index (κ2) is 9.42. The standard InChI is InChI=1S/C13H27NO.C3H4/c1-4-6-13(11-15)7-5-8-14(10-13)9-12(2)3;1-3-2/h12,15H,4-11H2,1-3H3;1H,2H3/t13-;/m1./s1. The number of aliphatic hydroxyl groups excluding tert-OH is 1. The Morgan fingerprint density at radius 1 is 1.44 bits per heavy atom. The second-order valence-corrected chi connectivity index (χ2v) is 5.93. The number of terminal acetylenes is 1. The summed E-state index contributed by atoms with van der Waals surface area (Å²) < 4.78 is 0. The summed E-state index contributed by atoms with van der Waals surface area (Å²) in [6.07, 6.45) is 9.44. The van der Waals surface area contributed by atoms with E-state index in [1.807, 2.05) is 0 Å². The number of piperidine rings is 1. The van der Waals surface area contributed by atoms with Gasteiger partial charge in [0.15, 0.2) is 0 Å². The van der Waals surface area contributed by atoms with Crippen LogP contribution in [0.15, 0.2) is 0 Å². The lowest BCUT2D eigenvalue weighted by atomic mass is 9.77. The van der Waals surface area contributed by atoms with Crippen molar-refractivity contribution in [1.29, 1.82) is 0 Å². The molecule has 2 heteroatoms. The highest BCUT2D eigenvalue weighted by Crippen LogP contribution is 2.34. The number of hydrogen-bond donors (Lipinski definition) is 1. The first kappa shape index (κ1) is 17.5. The molecule has 0 aromatic carbocycles. The Kier molecular flexibility index (Phi) is 9.14. The Balaban J connectivity index is 0.000000873. The highest BCUT2D eigenvalue weighted by atomic mass is 16.3. The Bertz CT molecular complexity index is 240. The van der Waals surface area contributed by atoms with Crippen LogP contribution in [0.5, 0.6) is 0 Å². The van der Waals surface area contributed by atoms with E-state index < -0.39 is 0 Å². The van der Waals surface area contributed by atoms with E-state index in [1.165, 1.54) is 38.8 Å². The van der Waals surface area contributed by atoms with Gasteiger partial charge in [-0.15, -0.1) is 12.3 Å². The van der Waals surface area contributed by atoms with Gasteiger partial charge in [-0.1, -0.05) is 27.2 Å². The molecule has 18 heavy (non-hydrogen) atoms. The molecule has 1 heterocycles. The third-order valence-electron chi connectivity index (χ3n) is 3.48. The fraction of sp³-hybridized carbons (Fsp3) is 0.875. The van der Waals surface area contributed by atoms with Crippen molar-refractivity contribution in [3.63, 3.8) is 0 Å². The van der Waals surface area contributed by atoms with Crippen LogP contribution in [-0.4, -0.2) is 36.2 Å². The van der Waals surface area contributed by atoms with Crippen molar-refractivity contribution in [2.45, 2.75) is 53.4 Å². The molecular formula is C16H31NO.